The van der Waals surface area contributed by atoms with E-state index in [0.29, 0.717) is 5.92 Å². The van der Waals surface area contributed by atoms with Gasteiger partial charge in [-0.05, 0) is 31.2 Å². The zero-order valence-electron chi connectivity index (χ0n) is 17.1. The fourth-order valence-electron chi connectivity index (χ4n) is 4.50. The van der Waals surface area contributed by atoms with Gasteiger partial charge in [0, 0.05) is 43.3 Å². The molecule has 1 aromatic carbocycles. The highest BCUT2D eigenvalue weighted by Gasteiger charge is 2.32. The van der Waals surface area contributed by atoms with E-state index in [-0.39, 0.29) is 6.10 Å². The lowest BCUT2D eigenvalue weighted by Gasteiger charge is -2.36. The highest BCUT2D eigenvalue weighted by molar-refractivity contribution is 5.85. The highest BCUT2D eigenvalue weighted by atomic mass is 16.5. The SMILES string of the molecule is c1cnc2c(OC3CC(Cc4ncnc5ccoc45)C3)cc(N3CCOCC3)cc2n1. The van der Waals surface area contributed by atoms with Gasteiger partial charge in [-0.2, -0.15) is 0 Å². The van der Waals surface area contributed by atoms with E-state index in [1.54, 1.807) is 25.0 Å². The second kappa shape index (κ2) is 7.77. The Bertz CT molecular complexity index is 1210. The van der Waals surface area contributed by atoms with Crippen molar-refractivity contribution in [3.63, 3.8) is 0 Å². The molecular formula is C23H23N5O3. The molecule has 4 heterocycles. The fourth-order valence-corrected chi connectivity index (χ4v) is 4.50. The molecule has 8 heteroatoms. The molecule has 0 unspecified atom stereocenters. The summed E-state index contributed by atoms with van der Waals surface area (Å²) in [5, 5.41) is 0. The van der Waals surface area contributed by atoms with Crippen molar-refractivity contribution < 1.29 is 13.9 Å². The number of hydrogen-bond acceptors (Lipinski definition) is 8. The Labute approximate surface area is 179 Å². The topological polar surface area (TPSA) is 86.4 Å². The highest BCUT2D eigenvalue weighted by Crippen LogP contribution is 2.37. The van der Waals surface area contributed by atoms with Gasteiger partial charge in [0.1, 0.15) is 23.1 Å². The summed E-state index contributed by atoms with van der Waals surface area (Å²) < 4.78 is 17.5. The molecule has 1 saturated heterocycles. The van der Waals surface area contributed by atoms with Crippen LogP contribution in [0.5, 0.6) is 5.75 Å². The standard InChI is InChI=1S/C23H23N5O3/c1-6-30-23-18(1)26-14-27-20(23)11-15-9-17(10-15)31-21-13-16(28-4-7-29-8-5-28)12-19-22(21)25-3-2-24-19/h1-3,6,12-15,17H,4-5,7-11H2. The normalized spacial score (nSPS) is 21.4. The lowest BCUT2D eigenvalue weighted by atomic mass is 9.79. The second-order valence-corrected chi connectivity index (χ2v) is 8.20. The molecule has 1 aliphatic heterocycles. The molecule has 3 aromatic heterocycles. The molecule has 2 fully saturated rings. The van der Waals surface area contributed by atoms with Gasteiger partial charge in [-0.25, -0.2) is 15.0 Å². The summed E-state index contributed by atoms with van der Waals surface area (Å²) in [5.41, 5.74) is 5.43. The van der Waals surface area contributed by atoms with E-state index in [2.05, 4.69) is 37.0 Å². The van der Waals surface area contributed by atoms with Gasteiger partial charge in [0.2, 0.25) is 0 Å². The quantitative estimate of drug-likeness (QED) is 0.488. The summed E-state index contributed by atoms with van der Waals surface area (Å²) in [6.45, 7) is 3.23. The Morgan fingerprint density at radius 2 is 1.87 bits per heavy atom. The minimum Gasteiger partial charge on any atom is -0.488 e. The monoisotopic (exact) mass is 417 g/mol. The van der Waals surface area contributed by atoms with E-state index in [4.69, 9.17) is 13.9 Å². The molecule has 6 rings (SSSR count). The number of hydrogen-bond donors (Lipinski definition) is 0. The van der Waals surface area contributed by atoms with Gasteiger partial charge in [0.15, 0.2) is 5.58 Å². The first-order valence-electron chi connectivity index (χ1n) is 10.7. The molecule has 0 amide bonds. The molecule has 4 aromatic rings. The third-order valence-electron chi connectivity index (χ3n) is 6.18. The van der Waals surface area contributed by atoms with Crippen LogP contribution in [0.25, 0.3) is 22.1 Å². The van der Waals surface area contributed by atoms with Crippen molar-refractivity contribution >= 4 is 27.8 Å². The summed E-state index contributed by atoms with van der Waals surface area (Å²) in [4.78, 5) is 20.0. The van der Waals surface area contributed by atoms with Crippen LogP contribution in [0.15, 0.2) is 47.6 Å². The van der Waals surface area contributed by atoms with Crippen molar-refractivity contribution in [2.24, 2.45) is 5.92 Å². The Kier molecular flexibility index (Phi) is 4.64. The number of benzene rings is 1. The van der Waals surface area contributed by atoms with E-state index >= 15 is 0 Å². The number of anilines is 1. The molecule has 158 valence electrons. The van der Waals surface area contributed by atoms with E-state index in [0.717, 1.165) is 84.8 Å². The smallest absolute Gasteiger partial charge is 0.173 e. The molecule has 8 nitrogen and oxygen atoms in total. The number of ether oxygens (including phenoxy) is 2. The predicted octanol–water partition coefficient (Wildman–Crippen LogP) is 3.40. The maximum atomic E-state index is 6.42. The number of rotatable bonds is 5. The summed E-state index contributed by atoms with van der Waals surface area (Å²) in [6.07, 6.45) is 9.74. The van der Waals surface area contributed by atoms with E-state index < -0.39 is 0 Å². The van der Waals surface area contributed by atoms with Crippen LogP contribution in [0.1, 0.15) is 18.5 Å². The number of fused-ring (bicyclic) bond motifs is 2. The zero-order chi connectivity index (χ0) is 20.6. The molecule has 0 N–H and O–H groups in total. The largest absolute Gasteiger partial charge is 0.488 e. The van der Waals surface area contributed by atoms with Gasteiger partial charge >= 0.3 is 0 Å². The van der Waals surface area contributed by atoms with Gasteiger partial charge in [0.05, 0.1) is 36.8 Å². The first-order valence-corrected chi connectivity index (χ1v) is 10.7. The molecular weight excluding hydrogens is 394 g/mol. The van der Waals surface area contributed by atoms with Crippen molar-refractivity contribution in [3.8, 4) is 5.75 Å². The summed E-state index contributed by atoms with van der Waals surface area (Å²) in [5.74, 6) is 1.33. The zero-order valence-corrected chi connectivity index (χ0v) is 17.1. The predicted molar refractivity (Wildman–Crippen MR) is 115 cm³/mol. The molecule has 0 bridgehead atoms. The molecule has 2 aliphatic rings. The van der Waals surface area contributed by atoms with Crippen LogP contribution in [0.3, 0.4) is 0 Å². The maximum Gasteiger partial charge on any atom is 0.173 e. The van der Waals surface area contributed by atoms with Gasteiger partial charge in [-0.15, -0.1) is 0 Å². The average Bonchev–Trinajstić information content (AvgIpc) is 3.28. The van der Waals surface area contributed by atoms with Crippen LogP contribution in [0, 0.1) is 5.92 Å². The molecule has 1 saturated carbocycles. The van der Waals surface area contributed by atoms with Gasteiger partial charge in [-0.1, -0.05) is 0 Å². The lowest BCUT2D eigenvalue weighted by Crippen LogP contribution is -2.36. The first kappa shape index (κ1) is 18.5. The number of morpholine rings is 1. The van der Waals surface area contributed by atoms with E-state index in [1.807, 2.05) is 6.07 Å². The average molecular weight is 417 g/mol. The second-order valence-electron chi connectivity index (χ2n) is 8.20. The van der Waals surface area contributed by atoms with Crippen LogP contribution in [-0.2, 0) is 11.2 Å². The van der Waals surface area contributed by atoms with Gasteiger partial charge < -0.3 is 18.8 Å². The Balaban J connectivity index is 1.18. The van der Waals surface area contributed by atoms with Crippen LogP contribution in [0.2, 0.25) is 0 Å². The van der Waals surface area contributed by atoms with Crippen LogP contribution < -0.4 is 9.64 Å². The Morgan fingerprint density at radius 1 is 1.00 bits per heavy atom. The molecule has 1 aliphatic carbocycles. The molecule has 0 atom stereocenters. The minimum absolute atomic E-state index is 0.170. The number of aromatic nitrogens is 4. The van der Waals surface area contributed by atoms with E-state index in [9.17, 15) is 0 Å². The lowest BCUT2D eigenvalue weighted by molar-refractivity contribution is 0.0659. The molecule has 31 heavy (non-hydrogen) atoms. The summed E-state index contributed by atoms with van der Waals surface area (Å²) >= 11 is 0. The van der Waals surface area contributed by atoms with Crippen molar-refractivity contribution in [2.75, 3.05) is 31.2 Å². The van der Waals surface area contributed by atoms with Crippen molar-refractivity contribution in [1.82, 2.24) is 19.9 Å². The summed E-state index contributed by atoms with van der Waals surface area (Å²) in [7, 11) is 0. The first-order chi connectivity index (χ1) is 15.3. The molecule has 0 spiro atoms. The Morgan fingerprint density at radius 3 is 2.77 bits per heavy atom. The van der Waals surface area contributed by atoms with Crippen molar-refractivity contribution in [1.29, 1.82) is 0 Å². The van der Waals surface area contributed by atoms with Crippen LogP contribution in [0.4, 0.5) is 5.69 Å². The molecule has 0 radical (unpaired) electrons. The Hall–Kier alpha value is -3.26. The van der Waals surface area contributed by atoms with Crippen LogP contribution in [-0.4, -0.2) is 52.3 Å². The third kappa shape index (κ3) is 3.57. The van der Waals surface area contributed by atoms with Gasteiger partial charge in [-0.3, -0.25) is 4.98 Å². The van der Waals surface area contributed by atoms with Crippen molar-refractivity contribution in [3.05, 3.63) is 48.9 Å². The van der Waals surface area contributed by atoms with Crippen LogP contribution >= 0.6 is 0 Å². The fraction of sp³-hybridized carbons (Fsp3) is 0.391. The maximum absolute atomic E-state index is 6.42. The third-order valence-corrected chi connectivity index (χ3v) is 6.18. The minimum atomic E-state index is 0.170. The summed E-state index contributed by atoms with van der Waals surface area (Å²) in [6, 6.07) is 6.07. The van der Waals surface area contributed by atoms with Gasteiger partial charge in [0.25, 0.3) is 0 Å². The van der Waals surface area contributed by atoms with Crippen molar-refractivity contribution in [2.45, 2.75) is 25.4 Å². The number of nitrogens with zero attached hydrogens (tertiary/aromatic N) is 5. The van der Waals surface area contributed by atoms with E-state index in [1.165, 1.54) is 0 Å². The number of furan rings is 1.